The first-order chi connectivity index (χ1) is 6.66. The zero-order valence-corrected chi connectivity index (χ0v) is 9.91. The molecule has 0 bridgehead atoms. The Balaban J connectivity index is 4.17. The van der Waals surface area contributed by atoms with Gasteiger partial charge in [-0.3, -0.25) is 4.79 Å². The zero-order valence-electron chi connectivity index (χ0n) is 9.10. The molecular formula is C8H18N2O4S. The van der Waals surface area contributed by atoms with Gasteiger partial charge in [0, 0.05) is 18.8 Å². The van der Waals surface area contributed by atoms with E-state index < -0.39 is 33.1 Å². The fraction of sp³-hybridized carbons (Fsp3) is 0.875. The molecular weight excluding hydrogens is 220 g/mol. The summed E-state index contributed by atoms with van der Waals surface area (Å²) in [5.74, 6) is -0.603. The number of aliphatic hydroxyl groups excluding tert-OH is 1. The second-order valence-corrected chi connectivity index (χ2v) is 5.99. The van der Waals surface area contributed by atoms with Crippen LogP contribution in [0.25, 0.3) is 0 Å². The maximum absolute atomic E-state index is 11.3. The average Bonchev–Trinajstić information content (AvgIpc) is 2.10. The average molecular weight is 238 g/mol. The maximum atomic E-state index is 11.3. The van der Waals surface area contributed by atoms with Crippen LogP contribution in [0.2, 0.25) is 0 Å². The lowest BCUT2D eigenvalue weighted by Crippen LogP contribution is -2.47. The van der Waals surface area contributed by atoms with E-state index in [1.54, 1.807) is 0 Å². The van der Waals surface area contributed by atoms with E-state index in [1.807, 2.05) is 0 Å². The third-order valence-electron chi connectivity index (χ3n) is 2.14. The van der Waals surface area contributed by atoms with Crippen LogP contribution in [-0.2, 0) is 14.6 Å². The van der Waals surface area contributed by atoms with Crippen molar-refractivity contribution in [2.75, 3.05) is 12.8 Å². The number of amides is 1. The number of sulfone groups is 1. The first kappa shape index (κ1) is 14.3. The van der Waals surface area contributed by atoms with Gasteiger partial charge in [-0.05, 0) is 13.8 Å². The van der Waals surface area contributed by atoms with Gasteiger partial charge in [-0.2, -0.15) is 0 Å². The predicted molar refractivity (Wildman–Crippen MR) is 57.0 cm³/mol. The highest BCUT2D eigenvalue weighted by atomic mass is 32.2. The number of rotatable bonds is 5. The quantitative estimate of drug-likeness (QED) is 0.526. The summed E-state index contributed by atoms with van der Waals surface area (Å²) in [6.07, 6.45) is 0.241. The monoisotopic (exact) mass is 238 g/mol. The molecule has 0 aliphatic heterocycles. The fourth-order valence-corrected chi connectivity index (χ4v) is 1.20. The maximum Gasteiger partial charge on any atom is 0.238 e. The van der Waals surface area contributed by atoms with Gasteiger partial charge in [0.1, 0.15) is 5.25 Å². The highest BCUT2D eigenvalue weighted by Gasteiger charge is 2.23. The van der Waals surface area contributed by atoms with Crippen molar-refractivity contribution in [2.24, 2.45) is 5.73 Å². The van der Waals surface area contributed by atoms with Crippen molar-refractivity contribution in [3.8, 4) is 0 Å². The SMILES string of the molecule is CC(O)C(N)CNC(=O)C(C)S(C)(=O)=O. The van der Waals surface area contributed by atoms with Crippen molar-refractivity contribution in [2.45, 2.75) is 31.2 Å². The van der Waals surface area contributed by atoms with E-state index in [0.717, 1.165) is 6.26 Å². The Hall–Kier alpha value is -0.660. The van der Waals surface area contributed by atoms with E-state index in [9.17, 15) is 13.2 Å². The smallest absolute Gasteiger partial charge is 0.238 e. The minimum absolute atomic E-state index is 0.0519. The van der Waals surface area contributed by atoms with Crippen LogP contribution in [0.1, 0.15) is 13.8 Å². The van der Waals surface area contributed by atoms with Crippen molar-refractivity contribution in [1.29, 1.82) is 0 Å². The molecule has 4 N–H and O–H groups in total. The van der Waals surface area contributed by atoms with Gasteiger partial charge in [-0.15, -0.1) is 0 Å². The number of carbonyl (C=O) groups is 1. The summed E-state index contributed by atoms with van der Waals surface area (Å²) >= 11 is 0. The molecule has 0 saturated carbocycles. The number of nitrogens with two attached hydrogens (primary N) is 1. The molecule has 15 heavy (non-hydrogen) atoms. The molecule has 0 rings (SSSR count). The van der Waals surface area contributed by atoms with E-state index >= 15 is 0 Å². The Morgan fingerprint density at radius 3 is 2.27 bits per heavy atom. The Morgan fingerprint density at radius 2 is 1.93 bits per heavy atom. The minimum atomic E-state index is -3.39. The number of carbonyl (C=O) groups excluding carboxylic acids is 1. The zero-order chi connectivity index (χ0) is 12.2. The molecule has 6 nitrogen and oxygen atoms in total. The molecule has 0 spiro atoms. The van der Waals surface area contributed by atoms with E-state index in [-0.39, 0.29) is 6.54 Å². The molecule has 1 amide bonds. The summed E-state index contributed by atoms with van der Waals surface area (Å²) in [5, 5.41) is 10.3. The molecule has 0 aromatic rings. The van der Waals surface area contributed by atoms with Crippen LogP contribution in [0.5, 0.6) is 0 Å². The Labute approximate surface area is 89.8 Å². The van der Waals surface area contributed by atoms with Crippen molar-refractivity contribution < 1.29 is 18.3 Å². The number of hydrogen-bond donors (Lipinski definition) is 3. The Morgan fingerprint density at radius 1 is 1.47 bits per heavy atom. The summed E-state index contributed by atoms with van der Waals surface area (Å²) in [5.41, 5.74) is 5.46. The van der Waals surface area contributed by atoms with E-state index in [1.165, 1.54) is 13.8 Å². The van der Waals surface area contributed by atoms with Gasteiger partial charge in [-0.25, -0.2) is 8.42 Å². The van der Waals surface area contributed by atoms with E-state index in [0.29, 0.717) is 0 Å². The van der Waals surface area contributed by atoms with Crippen LogP contribution in [0, 0.1) is 0 Å². The third-order valence-corrected chi connectivity index (χ3v) is 3.64. The van der Waals surface area contributed by atoms with Crippen LogP contribution in [0.15, 0.2) is 0 Å². The Bertz CT molecular complexity index is 313. The summed E-state index contributed by atoms with van der Waals surface area (Å²) in [4.78, 5) is 11.3. The number of nitrogens with one attached hydrogen (secondary N) is 1. The molecule has 3 unspecified atom stereocenters. The second kappa shape index (κ2) is 5.43. The van der Waals surface area contributed by atoms with Gasteiger partial charge >= 0.3 is 0 Å². The minimum Gasteiger partial charge on any atom is -0.392 e. The fourth-order valence-electron chi connectivity index (χ4n) is 0.727. The topological polar surface area (TPSA) is 109 Å². The van der Waals surface area contributed by atoms with Crippen molar-refractivity contribution >= 4 is 15.7 Å². The first-order valence-electron chi connectivity index (χ1n) is 4.56. The van der Waals surface area contributed by atoms with Crippen LogP contribution in [0.3, 0.4) is 0 Å². The van der Waals surface area contributed by atoms with Gasteiger partial charge in [0.15, 0.2) is 9.84 Å². The largest absolute Gasteiger partial charge is 0.392 e. The van der Waals surface area contributed by atoms with Crippen molar-refractivity contribution in [3.63, 3.8) is 0 Å². The Kier molecular flexibility index (Phi) is 5.19. The van der Waals surface area contributed by atoms with Gasteiger partial charge in [0.05, 0.1) is 6.10 Å². The highest BCUT2D eigenvalue weighted by molar-refractivity contribution is 7.92. The van der Waals surface area contributed by atoms with E-state index in [2.05, 4.69) is 5.32 Å². The molecule has 0 aromatic heterocycles. The molecule has 0 heterocycles. The van der Waals surface area contributed by atoms with Gasteiger partial charge < -0.3 is 16.2 Å². The van der Waals surface area contributed by atoms with Gasteiger partial charge in [-0.1, -0.05) is 0 Å². The third kappa shape index (κ3) is 5.10. The molecule has 0 aliphatic carbocycles. The summed E-state index contributed by atoms with van der Waals surface area (Å²) < 4.78 is 22.0. The number of hydrogen-bond acceptors (Lipinski definition) is 5. The van der Waals surface area contributed by atoms with Crippen molar-refractivity contribution in [1.82, 2.24) is 5.32 Å². The first-order valence-corrected chi connectivity index (χ1v) is 6.52. The normalized spacial score (nSPS) is 17.9. The molecule has 0 aromatic carbocycles. The van der Waals surface area contributed by atoms with Crippen LogP contribution in [-0.4, -0.2) is 49.6 Å². The van der Waals surface area contributed by atoms with Crippen LogP contribution < -0.4 is 11.1 Å². The van der Waals surface area contributed by atoms with Gasteiger partial charge in [0.25, 0.3) is 0 Å². The molecule has 3 atom stereocenters. The predicted octanol–water partition coefficient (Wildman–Crippen LogP) is -1.76. The lowest BCUT2D eigenvalue weighted by Gasteiger charge is -2.16. The summed E-state index contributed by atoms with van der Waals surface area (Å²) in [6, 6.07) is -0.597. The molecule has 0 aliphatic rings. The lowest BCUT2D eigenvalue weighted by molar-refractivity contribution is -0.120. The standard InChI is InChI=1S/C8H18N2O4S/c1-5(11)7(9)4-10-8(12)6(2)15(3,13)14/h5-7,11H,4,9H2,1-3H3,(H,10,12). The lowest BCUT2D eigenvalue weighted by atomic mass is 10.2. The second-order valence-electron chi connectivity index (χ2n) is 3.62. The molecule has 90 valence electrons. The molecule has 0 fully saturated rings. The molecule has 0 radical (unpaired) electrons. The molecule has 0 saturated heterocycles. The number of aliphatic hydroxyl groups is 1. The van der Waals surface area contributed by atoms with E-state index in [4.69, 9.17) is 10.8 Å². The summed E-state index contributed by atoms with van der Waals surface area (Å²) in [6.45, 7) is 2.85. The summed E-state index contributed by atoms with van der Waals surface area (Å²) in [7, 11) is -3.39. The highest BCUT2D eigenvalue weighted by Crippen LogP contribution is 1.97. The van der Waals surface area contributed by atoms with Crippen LogP contribution in [0.4, 0.5) is 0 Å². The van der Waals surface area contributed by atoms with Gasteiger partial charge in [0.2, 0.25) is 5.91 Å². The van der Waals surface area contributed by atoms with Crippen molar-refractivity contribution in [3.05, 3.63) is 0 Å². The van der Waals surface area contributed by atoms with Crippen LogP contribution >= 0.6 is 0 Å². The molecule has 7 heteroatoms.